The van der Waals surface area contributed by atoms with Gasteiger partial charge in [-0.25, -0.2) is 0 Å². The number of Topliss-reactive ketones (excluding diaryl/α,β-unsaturated/α-hetero) is 2. The fourth-order valence-corrected chi connectivity index (χ4v) is 3.91. The summed E-state index contributed by atoms with van der Waals surface area (Å²) in [4.78, 5) is 44.9. The van der Waals surface area contributed by atoms with Crippen molar-refractivity contribution >= 4 is 23.2 Å². The van der Waals surface area contributed by atoms with Gasteiger partial charge in [-0.1, -0.05) is 68.4 Å². The Morgan fingerprint density at radius 2 is 1.63 bits per heavy atom. The summed E-state index contributed by atoms with van der Waals surface area (Å²) in [5.74, 6) is -2.48. The molecule has 1 amide bonds. The average Bonchev–Trinajstić information content (AvgIpc) is 3.05. The highest BCUT2D eigenvalue weighted by atomic mass is 16.2. The van der Waals surface area contributed by atoms with Crippen LogP contribution in [0.25, 0.3) is 0 Å². The molecule has 0 radical (unpaired) electrons. The smallest absolute Gasteiger partial charge is 0.295 e. The number of hydrogen-bond acceptors (Lipinski definition) is 4. The van der Waals surface area contributed by atoms with Crippen LogP contribution in [0.5, 0.6) is 0 Å². The van der Waals surface area contributed by atoms with E-state index in [-0.39, 0.29) is 5.78 Å². The van der Waals surface area contributed by atoms with Crippen molar-refractivity contribution in [1.82, 2.24) is 4.98 Å². The molecule has 5 heteroatoms. The second-order valence-electron chi connectivity index (χ2n) is 7.72. The predicted molar refractivity (Wildman–Crippen MR) is 114 cm³/mol. The lowest BCUT2D eigenvalue weighted by Gasteiger charge is -2.27. The zero-order valence-corrected chi connectivity index (χ0v) is 16.9. The number of carbonyl (C=O) groups is 3. The van der Waals surface area contributed by atoms with Crippen LogP contribution in [0.3, 0.4) is 0 Å². The highest BCUT2D eigenvalue weighted by Gasteiger charge is 2.52. The van der Waals surface area contributed by atoms with Crippen molar-refractivity contribution in [3.63, 3.8) is 0 Å². The van der Waals surface area contributed by atoms with Gasteiger partial charge in [0, 0.05) is 11.8 Å². The van der Waals surface area contributed by atoms with Crippen LogP contribution in [0.2, 0.25) is 0 Å². The highest BCUT2D eigenvalue weighted by molar-refractivity contribution is 6.49. The largest absolute Gasteiger partial charge is 0.296 e. The van der Waals surface area contributed by atoms with Crippen molar-refractivity contribution in [2.75, 3.05) is 4.90 Å². The molecule has 0 saturated carbocycles. The van der Waals surface area contributed by atoms with Gasteiger partial charge in [-0.05, 0) is 29.2 Å². The van der Waals surface area contributed by atoms with Crippen LogP contribution in [0.4, 0.5) is 5.69 Å². The number of nitrogens with zero attached hydrogens (tertiary/aromatic N) is 2. The number of amides is 1. The number of benzene rings is 2. The molecule has 0 N–H and O–H groups in total. The van der Waals surface area contributed by atoms with Crippen molar-refractivity contribution in [3.05, 3.63) is 95.8 Å². The first kappa shape index (κ1) is 19.7. The van der Waals surface area contributed by atoms with Crippen LogP contribution in [-0.2, 0) is 9.59 Å². The molecule has 1 saturated heterocycles. The van der Waals surface area contributed by atoms with Gasteiger partial charge in [0.1, 0.15) is 5.92 Å². The van der Waals surface area contributed by atoms with Crippen molar-refractivity contribution in [3.8, 4) is 0 Å². The van der Waals surface area contributed by atoms with E-state index in [2.05, 4.69) is 18.8 Å². The normalized spacial score (nSPS) is 18.8. The Balaban J connectivity index is 1.84. The minimum Gasteiger partial charge on any atom is -0.296 e. The molecule has 150 valence electrons. The molecular formula is C25H22N2O3. The van der Waals surface area contributed by atoms with Crippen LogP contribution in [0.15, 0.2) is 79.1 Å². The molecule has 0 bridgehead atoms. The lowest BCUT2D eigenvalue weighted by Crippen LogP contribution is -2.30. The second kappa shape index (κ2) is 8.03. The van der Waals surface area contributed by atoms with Gasteiger partial charge in [-0.3, -0.25) is 24.3 Å². The van der Waals surface area contributed by atoms with Gasteiger partial charge in [-0.15, -0.1) is 0 Å². The first-order chi connectivity index (χ1) is 14.5. The molecule has 30 heavy (non-hydrogen) atoms. The van der Waals surface area contributed by atoms with E-state index in [0.717, 1.165) is 11.1 Å². The first-order valence-electron chi connectivity index (χ1n) is 9.95. The minimum atomic E-state index is -1.11. The quantitative estimate of drug-likeness (QED) is 0.364. The summed E-state index contributed by atoms with van der Waals surface area (Å²) in [6, 6.07) is 19.1. The minimum absolute atomic E-state index is 0.349. The fourth-order valence-electron chi connectivity index (χ4n) is 3.91. The third-order valence-electron chi connectivity index (χ3n) is 5.52. The first-order valence-corrected chi connectivity index (χ1v) is 9.95. The summed E-state index contributed by atoms with van der Waals surface area (Å²) in [5, 5.41) is 0. The molecule has 1 aliphatic heterocycles. The number of carbonyl (C=O) groups excluding carboxylic acids is 3. The Labute approximate surface area is 175 Å². The maximum absolute atomic E-state index is 13.3. The Morgan fingerprint density at radius 1 is 0.933 bits per heavy atom. The number of ketones is 2. The molecule has 2 aromatic carbocycles. The second-order valence-corrected chi connectivity index (χ2v) is 7.72. The number of aromatic nitrogens is 1. The number of pyridine rings is 1. The van der Waals surface area contributed by atoms with Crippen molar-refractivity contribution in [2.45, 2.75) is 25.8 Å². The number of rotatable bonds is 5. The summed E-state index contributed by atoms with van der Waals surface area (Å²) >= 11 is 0. The zero-order chi connectivity index (χ0) is 21.3. The van der Waals surface area contributed by atoms with Gasteiger partial charge in [0.15, 0.2) is 5.78 Å². The fraction of sp³-hybridized carbons (Fsp3) is 0.200. The van der Waals surface area contributed by atoms with E-state index < -0.39 is 23.7 Å². The molecule has 4 rings (SSSR count). The maximum Gasteiger partial charge on any atom is 0.295 e. The van der Waals surface area contributed by atoms with E-state index in [1.54, 1.807) is 42.6 Å². The SMILES string of the molecule is CC(C)c1ccc(C2C(C(=O)c3ccccc3)C(=O)C(=O)N2c2cccnc2)cc1. The Morgan fingerprint density at radius 3 is 2.23 bits per heavy atom. The van der Waals surface area contributed by atoms with E-state index in [0.29, 0.717) is 17.2 Å². The van der Waals surface area contributed by atoms with Crippen LogP contribution in [-0.4, -0.2) is 22.5 Å². The third-order valence-corrected chi connectivity index (χ3v) is 5.52. The van der Waals surface area contributed by atoms with Crippen molar-refractivity contribution in [1.29, 1.82) is 0 Å². The Kier molecular flexibility index (Phi) is 5.27. The Bertz CT molecular complexity index is 1080. The lowest BCUT2D eigenvalue weighted by atomic mass is 9.85. The summed E-state index contributed by atoms with van der Waals surface area (Å²) in [6.45, 7) is 4.20. The van der Waals surface area contributed by atoms with Gasteiger partial charge >= 0.3 is 0 Å². The maximum atomic E-state index is 13.3. The van der Waals surface area contributed by atoms with Crippen molar-refractivity contribution in [2.24, 2.45) is 5.92 Å². The molecule has 5 nitrogen and oxygen atoms in total. The van der Waals surface area contributed by atoms with E-state index in [1.165, 1.54) is 11.1 Å². The molecule has 0 aliphatic carbocycles. The zero-order valence-electron chi connectivity index (χ0n) is 16.9. The van der Waals surface area contributed by atoms with E-state index in [1.807, 2.05) is 30.3 Å². The van der Waals surface area contributed by atoms with Crippen LogP contribution in [0.1, 0.15) is 47.3 Å². The molecule has 2 atom stereocenters. The molecule has 1 aromatic heterocycles. The monoisotopic (exact) mass is 398 g/mol. The summed E-state index contributed by atoms with van der Waals surface area (Å²) < 4.78 is 0. The number of anilines is 1. The van der Waals surface area contributed by atoms with Gasteiger partial charge in [-0.2, -0.15) is 0 Å². The molecule has 1 aliphatic rings. The van der Waals surface area contributed by atoms with E-state index in [9.17, 15) is 14.4 Å². The van der Waals surface area contributed by atoms with E-state index >= 15 is 0 Å². The summed E-state index contributed by atoms with van der Waals surface area (Å²) in [6.07, 6.45) is 3.14. The molecule has 2 heterocycles. The molecule has 2 unspecified atom stereocenters. The number of hydrogen-bond donors (Lipinski definition) is 0. The van der Waals surface area contributed by atoms with Gasteiger partial charge in [0.25, 0.3) is 5.91 Å². The van der Waals surface area contributed by atoms with Gasteiger partial charge in [0.2, 0.25) is 5.78 Å². The predicted octanol–water partition coefficient (Wildman–Crippen LogP) is 4.36. The molecule has 0 spiro atoms. The van der Waals surface area contributed by atoms with Crippen LogP contribution in [0, 0.1) is 5.92 Å². The third kappa shape index (κ3) is 3.43. The lowest BCUT2D eigenvalue weighted by molar-refractivity contribution is -0.135. The van der Waals surface area contributed by atoms with Gasteiger partial charge < -0.3 is 0 Å². The molecule has 3 aromatic rings. The summed E-state index contributed by atoms with van der Waals surface area (Å²) in [7, 11) is 0. The molecular weight excluding hydrogens is 376 g/mol. The van der Waals surface area contributed by atoms with Crippen LogP contribution >= 0.6 is 0 Å². The van der Waals surface area contributed by atoms with Gasteiger partial charge in [0.05, 0.1) is 17.9 Å². The van der Waals surface area contributed by atoms with Crippen LogP contribution < -0.4 is 4.90 Å². The summed E-state index contributed by atoms with van der Waals surface area (Å²) in [5.41, 5.74) is 2.81. The standard InChI is InChI=1S/C25H22N2O3/c1-16(2)17-10-12-18(13-11-17)22-21(23(28)19-7-4-3-5-8-19)24(29)25(30)27(22)20-9-6-14-26-15-20/h3-16,21-22H,1-2H3. The Hall–Kier alpha value is -3.60. The van der Waals surface area contributed by atoms with Crippen molar-refractivity contribution < 1.29 is 14.4 Å². The van der Waals surface area contributed by atoms with E-state index in [4.69, 9.17) is 0 Å². The average molecular weight is 398 g/mol. The topological polar surface area (TPSA) is 67.3 Å². The highest BCUT2D eigenvalue weighted by Crippen LogP contribution is 2.41. The molecule has 1 fully saturated rings.